The van der Waals surface area contributed by atoms with Crippen LogP contribution in [0.3, 0.4) is 0 Å². The summed E-state index contributed by atoms with van der Waals surface area (Å²) in [6, 6.07) is 0. The van der Waals surface area contributed by atoms with E-state index in [4.69, 9.17) is 8.92 Å². The van der Waals surface area contributed by atoms with Crippen molar-refractivity contribution in [1.82, 2.24) is 0 Å². The molecule has 0 aromatic carbocycles. The number of rotatable bonds is 2. The van der Waals surface area contributed by atoms with Crippen molar-refractivity contribution in [2.75, 3.05) is 14.2 Å². The van der Waals surface area contributed by atoms with E-state index >= 15 is 0 Å². The molecule has 0 bridgehead atoms. The Balaban J connectivity index is 2.75. The van der Waals surface area contributed by atoms with Gasteiger partial charge in [-0.15, -0.1) is 0 Å². The summed E-state index contributed by atoms with van der Waals surface area (Å²) < 4.78 is 9.28. The van der Waals surface area contributed by atoms with Gasteiger partial charge in [-0.1, -0.05) is 0 Å². The van der Waals surface area contributed by atoms with E-state index in [1.165, 1.54) is 0 Å². The number of hydrogen-bond donors (Lipinski definition) is 0. The van der Waals surface area contributed by atoms with Crippen LogP contribution in [0, 0.1) is 0 Å². The molecule has 4 heteroatoms. The predicted octanol–water partition coefficient (Wildman–Crippen LogP) is 0.503. The van der Waals surface area contributed by atoms with E-state index in [2.05, 4.69) is 6.15 Å². The molecule has 0 radical (unpaired) electrons. The first kappa shape index (κ1) is 7.01. The molecule has 0 fully saturated rings. The maximum absolute atomic E-state index is 5.40. The molecule has 0 aliphatic carbocycles. The Morgan fingerprint density at radius 1 is 1.33 bits per heavy atom. The molecule has 0 aromatic heterocycles. The van der Waals surface area contributed by atoms with Crippen LogP contribution in [-0.4, -0.2) is 33.7 Å². The molecule has 0 atom stereocenters. The molecule has 0 aliphatic rings. The summed E-state index contributed by atoms with van der Waals surface area (Å²) >= 11 is -2.14. The molecule has 0 N–H and O–H groups in total. The normalized spacial score (nSPS) is 10.0. The summed E-state index contributed by atoms with van der Waals surface area (Å²) in [6.07, 6.45) is 0. The molecule has 38 valence electrons. The van der Waals surface area contributed by atoms with Crippen molar-refractivity contribution in [3.05, 3.63) is 0 Å². The van der Waals surface area contributed by atoms with Gasteiger partial charge in [-0.25, -0.2) is 0 Å². The summed E-state index contributed by atoms with van der Waals surface area (Å²) in [6.45, 7) is 0. The van der Waals surface area contributed by atoms with E-state index in [-0.39, 0.29) is 0 Å². The van der Waals surface area contributed by atoms with Crippen molar-refractivity contribution >= 4 is 28.4 Å². The van der Waals surface area contributed by atoms with E-state index in [0.29, 0.717) is 0 Å². The van der Waals surface area contributed by atoms with Crippen LogP contribution in [0.15, 0.2) is 0 Å². The first-order chi connectivity index (χ1) is 2.81. The Morgan fingerprint density at radius 3 is 1.67 bits per heavy atom. The Kier molecular flexibility index (Phi) is 4.88. The van der Waals surface area contributed by atoms with Crippen molar-refractivity contribution in [2.45, 2.75) is 0 Å². The van der Waals surface area contributed by atoms with E-state index in [1.54, 1.807) is 14.2 Å². The molecule has 0 saturated heterocycles. The fourth-order valence-electron chi connectivity index (χ4n) is 0.0833. The second kappa shape index (κ2) is 4.18. The zero-order valence-corrected chi connectivity index (χ0v) is 7.30. The average Bonchev–Trinajstić information content (AvgIpc) is 1.65. The number of halogens is 1. The average molecular weight is 216 g/mol. The second-order valence-corrected chi connectivity index (χ2v) is 6.40. The van der Waals surface area contributed by atoms with Gasteiger partial charge < -0.3 is 0 Å². The van der Waals surface area contributed by atoms with Gasteiger partial charge in [0.15, 0.2) is 0 Å². The molecule has 0 unspecified atom stereocenters. The molecule has 0 aromatic rings. The molecular weight excluding hydrogens is 210 g/mol. The van der Waals surface area contributed by atoms with Crippen LogP contribution >= 0.6 is 8.92 Å². The Bertz CT molecular complexity index is 30.7. The maximum atomic E-state index is 5.40. The fourth-order valence-corrected chi connectivity index (χ4v) is 0.559. The van der Waals surface area contributed by atoms with Crippen molar-refractivity contribution in [3.8, 4) is 0 Å². The van der Waals surface area contributed by atoms with Crippen LogP contribution < -0.4 is 0 Å². The zero-order valence-electron chi connectivity index (χ0n) is 3.69. The van der Waals surface area contributed by atoms with Gasteiger partial charge in [0.1, 0.15) is 0 Å². The minimum atomic E-state index is -2.14. The summed E-state index contributed by atoms with van der Waals surface area (Å²) in [7, 11) is 8.52. The Hall–Kier alpha value is 1.01. The standard InChI is InChI=1S/2CH3O.ClH.Sn/c2*1-2;;/h2*1H3;1H;/q2*-1;;+2/p-1. The summed E-state index contributed by atoms with van der Waals surface area (Å²) in [5.41, 5.74) is 0. The van der Waals surface area contributed by atoms with Crippen LogP contribution in [0.2, 0.25) is 0 Å². The van der Waals surface area contributed by atoms with Gasteiger partial charge in [-0.2, -0.15) is 0 Å². The summed E-state index contributed by atoms with van der Waals surface area (Å²) in [5.74, 6) is 0. The minimum absolute atomic E-state index is 1.56. The van der Waals surface area contributed by atoms with Crippen molar-refractivity contribution in [3.63, 3.8) is 0 Å². The zero-order chi connectivity index (χ0) is 4.99. The quantitative estimate of drug-likeness (QED) is 0.626. The van der Waals surface area contributed by atoms with Gasteiger partial charge in [-0.05, 0) is 0 Å². The van der Waals surface area contributed by atoms with Gasteiger partial charge in [-0.3, -0.25) is 0 Å². The monoisotopic (exact) mass is 217 g/mol. The molecular formula is C2H6ClO2Sn-. The van der Waals surface area contributed by atoms with E-state index in [9.17, 15) is 0 Å². The third kappa shape index (κ3) is 3.21. The van der Waals surface area contributed by atoms with Gasteiger partial charge in [0.05, 0.1) is 0 Å². The summed E-state index contributed by atoms with van der Waals surface area (Å²) in [4.78, 5) is 0. The van der Waals surface area contributed by atoms with Gasteiger partial charge in [0.2, 0.25) is 0 Å². The van der Waals surface area contributed by atoms with Crippen molar-refractivity contribution < 1.29 is 6.15 Å². The van der Waals surface area contributed by atoms with Crippen LogP contribution in [-0.2, 0) is 6.15 Å². The fraction of sp³-hybridized carbons (Fsp3) is 1.00. The predicted molar refractivity (Wildman–Crippen MR) is 25.6 cm³/mol. The van der Waals surface area contributed by atoms with Crippen molar-refractivity contribution in [1.29, 1.82) is 0 Å². The molecule has 6 heavy (non-hydrogen) atoms. The first-order valence-electron chi connectivity index (χ1n) is 1.41. The number of hydrogen-bond acceptors (Lipinski definition) is 2. The Morgan fingerprint density at radius 2 is 1.67 bits per heavy atom. The van der Waals surface area contributed by atoms with Gasteiger partial charge in [0.25, 0.3) is 0 Å². The van der Waals surface area contributed by atoms with Crippen molar-refractivity contribution in [2.24, 2.45) is 0 Å². The molecule has 0 heterocycles. The molecule has 0 aliphatic heterocycles. The SMILES string of the molecule is C[O][Sn-]([Cl])[O]C. The summed E-state index contributed by atoms with van der Waals surface area (Å²) in [5, 5.41) is 0. The molecule has 2 nitrogen and oxygen atoms in total. The van der Waals surface area contributed by atoms with Crippen LogP contribution in [0.4, 0.5) is 0 Å². The molecule has 0 spiro atoms. The van der Waals surface area contributed by atoms with E-state index in [1.807, 2.05) is 0 Å². The second-order valence-electron chi connectivity index (χ2n) is 0.646. The van der Waals surface area contributed by atoms with E-state index in [0.717, 1.165) is 0 Å². The third-order valence-corrected chi connectivity index (χ3v) is 4.22. The van der Waals surface area contributed by atoms with E-state index < -0.39 is 19.5 Å². The van der Waals surface area contributed by atoms with Gasteiger partial charge in [0, 0.05) is 0 Å². The third-order valence-electron chi connectivity index (χ3n) is 0.321. The van der Waals surface area contributed by atoms with Gasteiger partial charge >= 0.3 is 48.8 Å². The Labute approximate surface area is 48.9 Å². The van der Waals surface area contributed by atoms with Crippen LogP contribution in [0.1, 0.15) is 0 Å². The molecule has 0 saturated carbocycles. The van der Waals surface area contributed by atoms with Crippen LogP contribution in [0.5, 0.6) is 0 Å². The molecule has 0 amide bonds. The molecule has 0 rings (SSSR count). The first-order valence-corrected chi connectivity index (χ1v) is 7.36. The topological polar surface area (TPSA) is 18.5 Å². The van der Waals surface area contributed by atoms with Crippen LogP contribution in [0.25, 0.3) is 0 Å².